The van der Waals surface area contributed by atoms with Gasteiger partial charge in [-0.1, -0.05) is 6.92 Å². The number of ether oxygens (including phenoxy) is 1. The summed E-state index contributed by atoms with van der Waals surface area (Å²) in [6.45, 7) is 4.38. The van der Waals surface area contributed by atoms with Crippen LogP contribution in [0, 0.1) is 5.92 Å². The second kappa shape index (κ2) is 5.88. The Balaban J connectivity index is 1.50. The van der Waals surface area contributed by atoms with Gasteiger partial charge in [-0.15, -0.1) is 0 Å². The largest absolute Gasteiger partial charge is 0.464 e. The molecule has 6 nitrogen and oxygen atoms in total. The van der Waals surface area contributed by atoms with Crippen molar-refractivity contribution in [1.82, 2.24) is 8.61 Å². The third-order valence-corrected chi connectivity index (χ3v) is 7.05. The molecule has 0 unspecified atom stereocenters. The highest BCUT2D eigenvalue weighted by atomic mass is 32.2. The van der Waals surface area contributed by atoms with E-state index >= 15 is 0 Å². The molecule has 3 fully saturated rings. The summed E-state index contributed by atoms with van der Waals surface area (Å²) >= 11 is 0. The first-order valence-electron chi connectivity index (χ1n) is 8.49. The van der Waals surface area contributed by atoms with Crippen LogP contribution in [-0.4, -0.2) is 49.4 Å². The van der Waals surface area contributed by atoms with Gasteiger partial charge in [0.1, 0.15) is 11.5 Å². The maximum atomic E-state index is 12.9. The van der Waals surface area contributed by atoms with Crippen molar-refractivity contribution in [1.29, 1.82) is 0 Å². The molecule has 2 heterocycles. The summed E-state index contributed by atoms with van der Waals surface area (Å²) in [6.07, 6.45) is 3.05. The van der Waals surface area contributed by atoms with Gasteiger partial charge in [0.2, 0.25) is 0 Å². The fraction of sp³-hybridized carbons (Fsp3) is 0.750. The van der Waals surface area contributed by atoms with Gasteiger partial charge in [0.25, 0.3) is 10.2 Å². The highest BCUT2D eigenvalue weighted by Crippen LogP contribution is 2.47. The average molecular weight is 340 g/mol. The third-order valence-electron chi connectivity index (χ3n) is 5.02. The Bertz CT molecular complexity index is 661. The van der Waals surface area contributed by atoms with Crippen LogP contribution < -0.4 is 0 Å². The first kappa shape index (κ1) is 15.6. The quantitative estimate of drug-likeness (QED) is 0.794. The molecular formula is C16H24N2O4S. The molecule has 2 saturated carbocycles. The fourth-order valence-electron chi connectivity index (χ4n) is 3.24. The van der Waals surface area contributed by atoms with Gasteiger partial charge in [0, 0.05) is 25.0 Å². The molecule has 1 saturated heterocycles. The first-order valence-corrected chi connectivity index (χ1v) is 9.88. The van der Waals surface area contributed by atoms with Crippen molar-refractivity contribution in [3.05, 3.63) is 23.7 Å². The Hall–Kier alpha value is -0.890. The summed E-state index contributed by atoms with van der Waals surface area (Å²) < 4.78 is 40.2. The smallest absolute Gasteiger partial charge is 0.282 e. The van der Waals surface area contributed by atoms with E-state index in [1.807, 2.05) is 12.1 Å². The maximum Gasteiger partial charge on any atom is 0.282 e. The second-order valence-corrected chi connectivity index (χ2v) is 8.80. The zero-order valence-corrected chi connectivity index (χ0v) is 14.3. The van der Waals surface area contributed by atoms with Crippen LogP contribution in [0.2, 0.25) is 0 Å². The van der Waals surface area contributed by atoms with Crippen LogP contribution in [0.5, 0.6) is 0 Å². The fourth-order valence-corrected chi connectivity index (χ4v) is 5.02. The van der Waals surface area contributed by atoms with Gasteiger partial charge in [-0.2, -0.15) is 17.0 Å². The van der Waals surface area contributed by atoms with Crippen molar-refractivity contribution < 1.29 is 17.6 Å². The zero-order chi connectivity index (χ0) is 16.0. The van der Waals surface area contributed by atoms with E-state index < -0.39 is 10.2 Å². The Labute approximate surface area is 137 Å². The lowest BCUT2D eigenvalue weighted by atomic mass is 10.3. The van der Waals surface area contributed by atoms with Crippen molar-refractivity contribution in [2.45, 2.75) is 44.7 Å². The van der Waals surface area contributed by atoms with Gasteiger partial charge in [-0.3, -0.25) is 0 Å². The van der Waals surface area contributed by atoms with E-state index in [2.05, 4.69) is 6.92 Å². The van der Waals surface area contributed by atoms with Crippen LogP contribution in [0.4, 0.5) is 0 Å². The van der Waals surface area contributed by atoms with Crippen molar-refractivity contribution in [3.8, 4) is 0 Å². The summed E-state index contributed by atoms with van der Waals surface area (Å²) in [5, 5.41) is 0. The summed E-state index contributed by atoms with van der Waals surface area (Å²) in [7, 11) is -3.44. The van der Waals surface area contributed by atoms with Gasteiger partial charge >= 0.3 is 0 Å². The van der Waals surface area contributed by atoms with Crippen LogP contribution in [-0.2, 0) is 21.5 Å². The Morgan fingerprint density at radius 2 is 1.96 bits per heavy atom. The normalized spacial score (nSPS) is 29.1. The maximum absolute atomic E-state index is 12.9. The van der Waals surface area contributed by atoms with Crippen LogP contribution in [0.3, 0.4) is 0 Å². The zero-order valence-electron chi connectivity index (χ0n) is 13.5. The van der Waals surface area contributed by atoms with Gasteiger partial charge in [0.05, 0.1) is 19.8 Å². The standard InChI is InChI=1S/C16H24N2O4S/c1-12-10-15(12)16-5-4-14(22-16)11-18(13-2-3-13)23(19,20)17-6-8-21-9-7-17/h4-5,12-13,15H,2-3,6-11H2,1H3/t12-,15-/m0/s1. The molecule has 7 heteroatoms. The molecule has 2 aliphatic carbocycles. The van der Waals surface area contributed by atoms with Crippen molar-refractivity contribution >= 4 is 10.2 Å². The molecule has 0 bridgehead atoms. The van der Waals surface area contributed by atoms with E-state index in [4.69, 9.17) is 9.15 Å². The molecule has 0 spiro atoms. The van der Waals surface area contributed by atoms with Crippen LogP contribution in [0.25, 0.3) is 0 Å². The molecule has 128 valence electrons. The molecule has 0 amide bonds. The molecular weight excluding hydrogens is 316 g/mol. The van der Waals surface area contributed by atoms with Gasteiger partial charge in [0.15, 0.2) is 0 Å². The SMILES string of the molecule is C[C@H]1C[C@@H]1c1ccc(CN(C2CC2)S(=O)(=O)N2CCOCC2)o1. The van der Waals surface area contributed by atoms with Gasteiger partial charge < -0.3 is 9.15 Å². The van der Waals surface area contributed by atoms with Crippen molar-refractivity contribution in [2.24, 2.45) is 5.92 Å². The Kier molecular flexibility index (Phi) is 3.99. The predicted molar refractivity (Wildman–Crippen MR) is 85.1 cm³/mol. The number of morpholine rings is 1. The monoisotopic (exact) mass is 340 g/mol. The average Bonchev–Trinajstić information content (AvgIpc) is 3.47. The number of nitrogens with zero attached hydrogens (tertiary/aromatic N) is 2. The summed E-state index contributed by atoms with van der Waals surface area (Å²) in [5.41, 5.74) is 0. The van der Waals surface area contributed by atoms with E-state index in [1.165, 1.54) is 6.42 Å². The predicted octanol–water partition coefficient (Wildman–Crippen LogP) is 1.94. The molecule has 0 N–H and O–H groups in total. The van der Waals surface area contributed by atoms with Gasteiger partial charge in [-0.25, -0.2) is 0 Å². The molecule has 23 heavy (non-hydrogen) atoms. The number of hydrogen-bond donors (Lipinski definition) is 0. The summed E-state index contributed by atoms with van der Waals surface area (Å²) in [5.74, 6) is 2.97. The van der Waals surface area contributed by atoms with Gasteiger partial charge in [-0.05, 0) is 37.3 Å². The molecule has 4 rings (SSSR count). The highest BCUT2D eigenvalue weighted by molar-refractivity contribution is 7.86. The molecule has 2 atom stereocenters. The van der Waals surface area contributed by atoms with Crippen LogP contribution in [0.1, 0.15) is 43.6 Å². The van der Waals surface area contributed by atoms with E-state index in [1.54, 1.807) is 8.61 Å². The van der Waals surface area contributed by atoms with Crippen molar-refractivity contribution in [3.63, 3.8) is 0 Å². The van der Waals surface area contributed by atoms with Crippen LogP contribution in [0.15, 0.2) is 16.5 Å². The number of rotatable bonds is 6. The van der Waals surface area contributed by atoms with E-state index in [9.17, 15) is 8.42 Å². The number of hydrogen-bond acceptors (Lipinski definition) is 4. The first-order chi connectivity index (χ1) is 11.1. The minimum atomic E-state index is -3.44. The molecule has 0 radical (unpaired) electrons. The summed E-state index contributed by atoms with van der Waals surface area (Å²) in [4.78, 5) is 0. The Morgan fingerprint density at radius 1 is 1.26 bits per heavy atom. The third kappa shape index (κ3) is 3.20. The van der Waals surface area contributed by atoms with E-state index in [-0.39, 0.29) is 6.04 Å². The van der Waals surface area contributed by atoms with E-state index in [0.29, 0.717) is 44.7 Å². The summed E-state index contributed by atoms with van der Waals surface area (Å²) in [6, 6.07) is 4.07. The van der Waals surface area contributed by atoms with Crippen LogP contribution >= 0.6 is 0 Å². The lowest BCUT2D eigenvalue weighted by molar-refractivity contribution is 0.0696. The number of furan rings is 1. The molecule has 1 aromatic rings. The molecule has 0 aromatic carbocycles. The molecule has 1 aliphatic heterocycles. The lowest BCUT2D eigenvalue weighted by Gasteiger charge is -2.31. The Morgan fingerprint density at radius 3 is 2.57 bits per heavy atom. The topological polar surface area (TPSA) is 63.0 Å². The molecule has 1 aromatic heterocycles. The van der Waals surface area contributed by atoms with Crippen molar-refractivity contribution in [2.75, 3.05) is 26.3 Å². The highest BCUT2D eigenvalue weighted by Gasteiger charge is 2.42. The minimum absolute atomic E-state index is 0.122. The second-order valence-electron chi connectivity index (χ2n) is 6.92. The molecule has 3 aliphatic rings. The van der Waals surface area contributed by atoms with E-state index in [0.717, 1.165) is 24.4 Å². The lowest BCUT2D eigenvalue weighted by Crippen LogP contribution is -2.49. The minimum Gasteiger partial charge on any atom is -0.464 e.